The van der Waals surface area contributed by atoms with Gasteiger partial charge in [-0.15, -0.1) is 16.8 Å². The Morgan fingerprint density at radius 2 is 1.93 bits per heavy atom. The van der Waals surface area contributed by atoms with Crippen molar-refractivity contribution in [1.82, 2.24) is 24.3 Å². The molecule has 0 saturated carbocycles. The van der Waals surface area contributed by atoms with Gasteiger partial charge in [0.1, 0.15) is 5.82 Å². The van der Waals surface area contributed by atoms with Gasteiger partial charge < -0.3 is 9.67 Å². The summed E-state index contributed by atoms with van der Waals surface area (Å²) in [4.78, 5) is 4.72. The van der Waals surface area contributed by atoms with Crippen LogP contribution in [0.15, 0.2) is 66.3 Å². The second-order valence-corrected chi connectivity index (χ2v) is 7.78. The van der Waals surface area contributed by atoms with Gasteiger partial charge in [-0.2, -0.15) is 0 Å². The second kappa shape index (κ2) is 8.82. The van der Waals surface area contributed by atoms with Gasteiger partial charge in [-0.3, -0.25) is 4.57 Å². The molecule has 148 valence electrons. The maximum atomic E-state index is 9.49. The molecule has 0 amide bonds. The lowest BCUT2D eigenvalue weighted by Gasteiger charge is -2.09. The zero-order chi connectivity index (χ0) is 20.2. The molecule has 0 radical (unpaired) electrons. The van der Waals surface area contributed by atoms with Crippen LogP contribution in [-0.2, 0) is 18.8 Å². The second-order valence-electron chi connectivity index (χ2n) is 6.40. The minimum Gasteiger partial charge on any atom is -0.395 e. The first-order valence-corrected chi connectivity index (χ1v) is 10.6. The predicted octanol–water partition coefficient (Wildman–Crippen LogP) is 4.42. The summed E-state index contributed by atoms with van der Waals surface area (Å²) in [6.07, 6.45) is 1.84. The number of thioether (sulfide) groups is 1. The largest absolute Gasteiger partial charge is 0.395 e. The standard InChI is InChI=1S/C21H20ClN5OS/c1-2-10-27-20(15-6-4-3-5-7-15)24-25-21(27)29-14-19-23-17-9-8-16(22)13-18(17)26(19)11-12-28/h2-9,13,28H,1,10-12,14H2. The van der Waals surface area contributed by atoms with Crippen LogP contribution in [0.2, 0.25) is 5.02 Å². The van der Waals surface area contributed by atoms with Crippen molar-refractivity contribution in [2.75, 3.05) is 6.61 Å². The van der Waals surface area contributed by atoms with E-state index < -0.39 is 0 Å². The SMILES string of the molecule is C=CCn1c(SCc2nc3ccc(Cl)cc3n2CCO)nnc1-c1ccccc1. The number of aliphatic hydroxyl groups is 1. The van der Waals surface area contributed by atoms with E-state index in [2.05, 4.69) is 16.8 Å². The number of imidazole rings is 1. The molecular formula is C21H20ClN5OS. The van der Waals surface area contributed by atoms with E-state index in [1.165, 1.54) is 0 Å². The van der Waals surface area contributed by atoms with Crippen molar-refractivity contribution in [3.8, 4) is 11.4 Å². The van der Waals surface area contributed by atoms with E-state index in [0.717, 1.165) is 33.4 Å². The molecule has 0 fully saturated rings. The molecule has 1 N–H and O–H groups in total. The molecule has 4 rings (SSSR count). The number of halogens is 1. The van der Waals surface area contributed by atoms with E-state index in [4.69, 9.17) is 16.6 Å². The van der Waals surface area contributed by atoms with Crippen LogP contribution in [-0.4, -0.2) is 36.0 Å². The summed E-state index contributed by atoms with van der Waals surface area (Å²) < 4.78 is 4.05. The first kappa shape index (κ1) is 19.7. The lowest BCUT2D eigenvalue weighted by molar-refractivity contribution is 0.276. The van der Waals surface area contributed by atoms with E-state index in [1.54, 1.807) is 11.8 Å². The van der Waals surface area contributed by atoms with Crippen molar-refractivity contribution in [3.63, 3.8) is 0 Å². The molecule has 0 saturated heterocycles. The van der Waals surface area contributed by atoms with Crippen molar-refractivity contribution in [1.29, 1.82) is 0 Å². The molecule has 2 aromatic heterocycles. The summed E-state index contributed by atoms with van der Waals surface area (Å²) in [5.41, 5.74) is 2.78. The number of hydrogen-bond donors (Lipinski definition) is 1. The van der Waals surface area contributed by atoms with Crippen LogP contribution < -0.4 is 0 Å². The molecule has 0 spiro atoms. The van der Waals surface area contributed by atoms with E-state index in [1.807, 2.05) is 63.7 Å². The molecular weight excluding hydrogens is 406 g/mol. The van der Waals surface area contributed by atoms with Crippen molar-refractivity contribution in [2.45, 2.75) is 24.0 Å². The molecule has 0 atom stereocenters. The van der Waals surface area contributed by atoms with Gasteiger partial charge in [0.15, 0.2) is 11.0 Å². The molecule has 4 aromatic rings. The van der Waals surface area contributed by atoms with Gasteiger partial charge in [-0.25, -0.2) is 4.98 Å². The van der Waals surface area contributed by atoms with Crippen LogP contribution in [0.3, 0.4) is 0 Å². The lowest BCUT2D eigenvalue weighted by Crippen LogP contribution is -2.07. The summed E-state index contributed by atoms with van der Waals surface area (Å²) >= 11 is 7.71. The Morgan fingerprint density at radius 1 is 1.10 bits per heavy atom. The minimum absolute atomic E-state index is 0.0282. The van der Waals surface area contributed by atoms with Crippen molar-refractivity contribution in [3.05, 3.63) is 72.0 Å². The van der Waals surface area contributed by atoms with E-state index >= 15 is 0 Å². The molecule has 0 aliphatic rings. The highest BCUT2D eigenvalue weighted by molar-refractivity contribution is 7.98. The first-order chi connectivity index (χ1) is 14.2. The van der Waals surface area contributed by atoms with Gasteiger partial charge in [-0.1, -0.05) is 59.8 Å². The molecule has 29 heavy (non-hydrogen) atoms. The molecule has 6 nitrogen and oxygen atoms in total. The van der Waals surface area contributed by atoms with Crippen LogP contribution in [0.5, 0.6) is 0 Å². The van der Waals surface area contributed by atoms with Gasteiger partial charge in [0, 0.05) is 23.7 Å². The molecule has 2 heterocycles. The summed E-state index contributed by atoms with van der Waals surface area (Å²) in [7, 11) is 0. The maximum absolute atomic E-state index is 9.49. The predicted molar refractivity (Wildman–Crippen MR) is 117 cm³/mol. The normalized spacial score (nSPS) is 11.2. The van der Waals surface area contributed by atoms with Crippen molar-refractivity contribution >= 4 is 34.4 Å². The highest BCUT2D eigenvalue weighted by atomic mass is 35.5. The fourth-order valence-corrected chi connectivity index (χ4v) is 4.28. The molecule has 2 aromatic carbocycles. The summed E-state index contributed by atoms with van der Waals surface area (Å²) in [5.74, 6) is 2.26. The fraction of sp³-hybridized carbons (Fsp3) is 0.190. The van der Waals surface area contributed by atoms with Crippen molar-refractivity contribution < 1.29 is 5.11 Å². The lowest BCUT2D eigenvalue weighted by atomic mass is 10.2. The zero-order valence-electron chi connectivity index (χ0n) is 15.7. The third-order valence-corrected chi connectivity index (χ3v) is 5.70. The highest BCUT2D eigenvalue weighted by Crippen LogP contribution is 2.28. The molecule has 0 aliphatic heterocycles. The number of hydrogen-bond acceptors (Lipinski definition) is 5. The number of fused-ring (bicyclic) bond motifs is 1. The summed E-state index contributed by atoms with van der Waals surface area (Å²) in [5, 5.41) is 19.7. The Hall–Kier alpha value is -2.61. The van der Waals surface area contributed by atoms with Gasteiger partial charge >= 0.3 is 0 Å². The van der Waals surface area contributed by atoms with Gasteiger partial charge in [0.05, 0.1) is 23.4 Å². The van der Waals surface area contributed by atoms with E-state index in [0.29, 0.717) is 23.9 Å². The van der Waals surface area contributed by atoms with Crippen molar-refractivity contribution in [2.24, 2.45) is 0 Å². The third-order valence-electron chi connectivity index (χ3n) is 4.50. The fourth-order valence-electron chi connectivity index (χ4n) is 3.22. The monoisotopic (exact) mass is 425 g/mol. The Bertz CT molecular complexity index is 1140. The summed E-state index contributed by atoms with van der Waals surface area (Å²) in [6.45, 7) is 4.96. The zero-order valence-corrected chi connectivity index (χ0v) is 17.3. The number of rotatable bonds is 8. The third kappa shape index (κ3) is 4.07. The minimum atomic E-state index is 0.0282. The Kier molecular flexibility index (Phi) is 5.99. The summed E-state index contributed by atoms with van der Waals surface area (Å²) in [6, 6.07) is 15.6. The highest BCUT2D eigenvalue weighted by Gasteiger charge is 2.16. The Balaban J connectivity index is 1.65. The molecule has 8 heteroatoms. The number of nitrogens with zero attached hydrogens (tertiary/aromatic N) is 5. The van der Waals surface area contributed by atoms with E-state index in [9.17, 15) is 5.11 Å². The van der Waals surface area contributed by atoms with Crippen LogP contribution in [0.25, 0.3) is 22.4 Å². The average Bonchev–Trinajstić information content (AvgIpc) is 3.29. The molecule has 0 aliphatic carbocycles. The number of aliphatic hydroxyl groups excluding tert-OH is 1. The first-order valence-electron chi connectivity index (χ1n) is 9.19. The average molecular weight is 426 g/mol. The maximum Gasteiger partial charge on any atom is 0.192 e. The van der Waals surface area contributed by atoms with Gasteiger partial charge in [0.2, 0.25) is 0 Å². The van der Waals surface area contributed by atoms with Gasteiger partial charge in [-0.05, 0) is 18.2 Å². The number of aromatic nitrogens is 5. The van der Waals surface area contributed by atoms with Crippen LogP contribution in [0.1, 0.15) is 5.82 Å². The van der Waals surface area contributed by atoms with Crippen LogP contribution >= 0.6 is 23.4 Å². The molecule has 0 bridgehead atoms. The van der Waals surface area contributed by atoms with Crippen LogP contribution in [0.4, 0.5) is 0 Å². The smallest absolute Gasteiger partial charge is 0.192 e. The number of allylic oxidation sites excluding steroid dienone is 1. The Morgan fingerprint density at radius 3 is 2.69 bits per heavy atom. The topological polar surface area (TPSA) is 68.8 Å². The number of benzene rings is 2. The quantitative estimate of drug-likeness (QED) is 0.334. The Labute approximate surface area is 177 Å². The molecule has 0 unspecified atom stereocenters. The van der Waals surface area contributed by atoms with E-state index in [-0.39, 0.29) is 6.61 Å². The van der Waals surface area contributed by atoms with Crippen LogP contribution in [0, 0.1) is 0 Å². The van der Waals surface area contributed by atoms with Gasteiger partial charge in [0.25, 0.3) is 0 Å².